The van der Waals surface area contributed by atoms with Crippen molar-refractivity contribution >= 4 is 5.69 Å². The van der Waals surface area contributed by atoms with Gasteiger partial charge in [-0.25, -0.2) is 4.39 Å². The lowest BCUT2D eigenvalue weighted by molar-refractivity contribution is 0.404. The molecule has 2 nitrogen and oxygen atoms in total. The summed E-state index contributed by atoms with van der Waals surface area (Å²) in [6.07, 6.45) is 0. The van der Waals surface area contributed by atoms with Crippen LogP contribution in [0.1, 0.15) is 39.2 Å². The summed E-state index contributed by atoms with van der Waals surface area (Å²) in [7, 11) is 0. The Morgan fingerprint density at radius 3 is 2.33 bits per heavy atom. The van der Waals surface area contributed by atoms with Gasteiger partial charge in [-0.3, -0.25) is 0 Å². The Kier molecular flexibility index (Phi) is 3.91. The van der Waals surface area contributed by atoms with Crippen molar-refractivity contribution in [1.29, 1.82) is 0 Å². The first-order valence-corrected chi connectivity index (χ1v) is 6.78. The summed E-state index contributed by atoms with van der Waals surface area (Å²) in [6, 6.07) is 6.45. The summed E-state index contributed by atoms with van der Waals surface area (Å²) in [5.74, 6) is 0.275. The zero-order valence-electron chi connectivity index (χ0n) is 11.7. The quantitative estimate of drug-likeness (QED) is 0.867. The van der Waals surface area contributed by atoms with Crippen LogP contribution in [0.5, 0.6) is 0 Å². The van der Waals surface area contributed by atoms with Gasteiger partial charge in [0.15, 0.2) is 0 Å². The summed E-state index contributed by atoms with van der Waals surface area (Å²) in [6.45, 7) is 10.2. The molecule has 0 aromatic heterocycles. The van der Waals surface area contributed by atoms with Gasteiger partial charge in [0.2, 0.25) is 0 Å². The fourth-order valence-electron chi connectivity index (χ4n) is 2.66. The van der Waals surface area contributed by atoms with Crippen LogP contribution in [0, 0.1) is 5.82 Å². The predicted molar refractivity (Wildman–Crippen MR) is 74.8 cm³/mol. The first kappa shape index (κ1) is 13.3. The highest BCUT2D eigenvalue weighted by atomic mass is 19.1. The number of halogens is 1. The van der Waals surface area contributed by atoms with Crippen molar-refractivity contribution < 1.29 is 4.39 Å². The van der Waals surface area contributed by atoms with E-state index in [4.69, 9.17) is 0 Å². The van der Waals surface area contributed by atoms with Crippen LogP contribution in [0.25, 0.3) is 0 Å². The molecule has 0 spiro atoms. The number of rotatable bonds is 2. The van der Waals surface area contributed by atoms with Crippen LogP contribution >= 0.6 is 0 Å². The molecule has 3 heteroatoms. The molecule has 2 atom stereocenters. The van der Waals surface area contributed by atoms with Crippen LogP contribution in [0.15, 0.2) is 18.2 Å². The predicted octanol–water partition coefficient (Wildman–Crippen LogP) is 3.14. The monoisotopic (exact) mass is 250 g/mol. The number of anilines is 1. The molecule has 2 rings (SSSR count). The molecule has 1 fully saturated rings. The van der Waals surface area contributed by atoms with E-state index < -0.39 is 0 Å². The minimum atomic E-state index is -0.0949. The third-order valence-corrected chi connectivity index (χ3v) is 3.54. The van der Waals surface area contributed by atoms with Gasteiger partial charge in [0.05, 0.1) is 5.69 Å². The van der Waals surface area contributed by atoms with Gasteiger partial charge in [-0.1, -0.05) is 19.9 Å². The Balaban J connectivity index is 2.22. The van der Waals surface area contributed by atoms with Crippen molar-refractivity contribution in [2.45, 2.75) is 45.7 Å². The molecule has 100 valence electrons. The van der Waals surface area contributed by atoms with Crippen LogP contribution in [0.3, 0.4) is 0 Å². The lowest BCUT2D eigenvalue weighted by Gasteiger charge is -2.37. The molecule has 0 radical (unpaired) electrons. The highest BCUT2D eigenvalue weighted by Crippen LogP contribution is 2.25. The third-order valence-electron chi connectivity index (χ3n) is 3.54. The summed E-state index contributed by atoms with van der Waals surface area (Å²) in [5.41, 5.74) is 1.80. The summed E-state index contributed by atoms with van der Waals surface area (Å²) in [4.78, 5) is 2.14. The van der Waals surface area contributed by atoms with Crippen LogP contribution in [-0.4, -0.2) is 25.2 Å². The molecule has 1 aliphatic rings. The lowest BCUT2D eigenvalue weighted by Crippen LogP contribution is -2.54. The molecule has 0 amide bonds. The summed E-state index contributed by atoms with van der Waals surface area (Å²) < 4.78 is 14.2. The summed E-state index contributed by atoms with van der Waals surface area (Å²) >= 11 is 0. The van der Waals surface area contributed by atoms with E-state index in [2.05, 4.69) is 37.9 Å². The fourth-order valence-corrected chi connectivity index (χ4v) is 2.66. The van der Waals surface area contributed by atoms with Gasteiger partial charge in [0.1, 0.15) is 5.82 Å². The van der Waals surface area contributed by atoms with Gasteiger partial charge < -0.3 is 10.2 Å². The van der Waals surface area contributed by atoms with Crippen molar-refractivity contribution in [3.8, 4) is 0 Å². The van der Waals surface area contributed by atoms with Crippen LogP contribution in [0.4, 0.5) is 10.1 Å². The highest BCUT2D eigenvalue weighted by Gasteiger charge is 2.23. The van der Waals surface area contributed by atoms with E-state index in [9.17, 15) is 4.39 Å². The van der Waals surface area contributed by atoms with E-state index in [-0.39, 0.29) is 5.82 Å². The zero-order valence-corrected chi connectivity index (χ0v) is 11.7. The van der Waals surface area contributed by atoms with Gasteiger partial charge in [0, 0.05) is 25.2 Å². The van der Waals surface area contributed by atoms with E-state index in [1.54, 1.807) is 6.07 Å². The second kappa shape index (κ2) is 5.27. The number of nitrogens with zero attached hydrogens (tertiary/aromatic N) is 1. The number of hydrogen-bond acceptors (Lipinski definition) is 2. The number of nitrogens with one attached hydrogen (secondary N) is 1. The van der Waals surface area contributed by atoms with Gasteiger partial charge in [-0.15, -0.1) is 0 Å². The van der Waals surface area contributed by atoms with E-state index in [1.807, 2.05) is 12.1 Å². The first-order chi connectivity index (χ1) is 8.47. The third kappa shape index (κ3) is 2.83. The largest absolute Gasteiger partial charge is 0.366 e. The minimum absolute atomic E-state index is 0.0949. The molecule has 1 aliphatic heterocycles. The van der Waals surface area contributed by atoms with Crippen molar-refractivity contribution in [2.75, 3.05) is 18.0 Å². The average molecular weight is 250 g/mol. The Bertz CT molecular complexity index is 407. The molecule has 1 aromatic rings. The zero-order chi connectivity index (χ0) is 13.3. The minimum Gasteiger partial charge on any atom is -0.366 e. The van der Waals surface area contributed by atoms with Gasteiger partial charge >= 0.3 is 0 Å². The normalized spacial score (nSPS) is 24.7. The molecule has 0 aliphatic carbocycles. The van der Waals surface area contributed by atoms with E-state index in [0.717, 1.165) is 24.3 Å². The molecule has 1 aromatic carbocycles. The van der Waals surface area contributed by atoms with Crippen molar-refractivity contribution in [1.82, 2.24) is 5.32 Å². The van der Waals surface area contributed by atoms with Crippen LogP contribution in [0.2, 0.25) is 0 Å². The average Bonchev–Trinajstić information content (AvgIpc) is 2.27. The van der Waals surface area contributed by atoms with Crippen LogP contribution in [-0.2, 0) is 0 Å². The van der Waals surface area contributed by atoms with Crippen molar-refractivity contribution in [2.24, 2.45) is 0 Å². The molecule has 0 unspecified atom stereocenters. The van der Waals surface area contributed by atoms with Gasteiger partial charge in [-0.05, 0) is 37.5 Å². The standard InChI is InChI=1S/C15H23FN2/c1-10(2)13-5-6-15(14(16)7-13)18-8-11(3)17-12(4)9-18/h5-7,10-12,17H,8-9H2,1-4H3/t11-,12+. The smallest absolute Gasteiger partial charge is 0.146 e. The maximum atomic E-state index is 14.2. The fraction of sp³-hybridized carbons (Fsp3) is 0.600. The molecule has 18 heavy (non-hydrogen) atoms. The maximum absolute atomic E-state index is 14.2. The molecular formula is C15H23FN2. The SMILES string of the molecule is CC(C)c1ccc(N2C[C@@H](C)N[C@@H](C)C2)c(F)c1. The van der Waals surface area contributed by atoms with Crippen molar-refractivity contribution in [3.05, 3.63) is 29.6 Å². The van der Waals surface area contributed by atoms with E-state index in [0.29, 0.717) is 18.0 Å². The van der Waals surface area contributed by atoms with E-state index in [1.165, 1.54) is 0 Å². The Morgan fingerprint density at radius 2 is 1.83 bits per heavy atom. The van der Waals surface area contributed by atoms with E-state index >= 15 is 0 Å². The molecular weight excluding hydrogens is 227 g/mol. The number of piperazine rings is 1. The second-order valence-electron chi connectivity index (χ2n) is 5.74. The Labute approximate surface area is 109 Å². The molecule has 0 saturated carbocycles. The van der Waals surface area contributed by atoms with Gasteiger partial charge in [-0.2, -0.15) is 0 Å². The first-order valence-electron chi connectivity index (χ1n) is 6.78. The lowest BCUT2D eigenvalue weighted by atomic mass is 10.0. The molecule has 0 bridgehead atoms. The molecule has 1 saturated heterocycles. The number of benzene rings is 1. The molecule has 1 heterocycles. The summed E-state index contributed by atoms with van der Waals surface area (Å²) in [5, 5.41) is 3.46. The molecule has 1 N–H and O–H groups in total. The van der Waals surface area contributed by atoms with Gasteiger partial charge in [0.25, 0.3) is 0 Å². The topological polar surface area (TPSA) is 15.3 Å². The highest BCUT2D eigenvalue weighted by molar-refractivity contribution is 5.50. The Hall–Kier alpha value is -1.09. The maximum Gasteiger partial charge on any atom is 0.146 e. The van der Waals surface area contributed by atoms with Crippen molar-refractivity contribution in [3.63, 3.8) is 0 Å². The number of hydrogen-bond donors (Lipinski definition) is 1. The second-order valence-corrected chi connectivity index (χ2v) is 5.74. The van der Waals surface area contributed by atoms with Crippen LogP contribution < -0.4 is 10.2 Å². The Morgan fingerprint density at radius 1 is 1.22 bits per heavy atom.